The molecule has 2 aromatic rings. The first-order chi connectivity index (χ1) is 8.66. The van der Waals surface area contributed by atoms with Gasteiger partial charge >= 0.3 is 0 Å². The molecule has 0 saturated heterocycles. The zero-order valence-corrected chi connectivity index (χ0v) is 11.5. The molecule has 94 valence electrons. The number of nitrogens with two attached hydrogens (primary N) is 1. The fraction of sp³-hybridized carbons (Fsp3) is 0.231. The molecule has 0 spiro atoms. The quantitative estimate of drug-likeness (QED) is 0.943. The maximum atomic E-state index is 5.98. The van der Waals surface area contributed by atoms with E-state index >= 15 is 0 Å². The monoisotopic (exact) mass is 307 g/mol. The summed E-state index contributed by atoms with van der Waals surface area (Å²) >= 11 is 3.36. The van der Waals surface area contributed by atoms with Crippen LogP contribution >= 0.6 is 15.9 Å². The van der Waals surface area contributed by atoms with Crippen molar-refractivity contribution < 1.29 is 4.74 Å². The van der Waals surface area contributed by atoms with E-state index in [1.165, 1.54) is 0 Å². The van der Waals surface area contributed by atoms with Crippen molar-refractivity contribution in [2.45, 2.75) is 19.1 Å². The lowest BCUT2D eigenvalue weighted by atomic mass is 10.1. The van der Waals surface area contributed by atoms with Gasteiger partial charge in [0.2, 0.25) is 0 Å². The Morgan fingerprint density at radius 3 is 2.56 bits per heavy atom. The Balaban J connectivity index is 2.22. The molecule has 5 heteroatoms. The standard InChI is InChI=1S/C13H14BrN3O/c1-9(15)13(10-2-4-16-5-3-10)18-12-6-11(14)7-17-8-12/h2-9,13H,15H2,1H3. The van der Waals surface area contributed by atoms with E-state index in [0.29, 0.717) is 5.75 Å². The van der Waals surface area contributed by atoms with Gasteiger partial charge in [-0.25, -0.2) is 0 Å². The van der Waals surface area contributed by atoms with E-state index in [9.17, 15) is 0 Å². The molecule has 2 atom stereocenters. The highest BCUT2D eigenvalue weighted by Crippen LogP contribution is 2.25. The van der Waals surface area contributed by atoms with Gasteiger partial charge in [0, 0.05) is 29.1 Å². The number of ether oxygens (including phenoxy) is 1. The van der Waals surface area contributed by atoms with Crippen LogP contribution < -0.4 is 10.5 Å². The summed E-state index contributed by atoms with van der Waals surface area (Å²) in [6, 6.07) is 5.54. The van der Waals surface area contributed by atoms with Crippen LogP contribution in [0.1, 0.15) is 18.6 Å². The topological polar surface area (TPSA) is 61.0 Å². The van der Waals surface area contributed by atoms with Crippen molar-refractivity contribution in [1.82, 2.24) is 9.97 Å². The number of hydrogen-bond acceptors (Lipinski definition) is 4. The molecule has 0 aliphatic rings. The van der Waals surface area contributed by atoms with E-state index in [1.54, 1.807) is 24.8 Å². The van der Waals surface area contributed by atoms with Gasteiger partial charge in [-0.2, -0.15) is 0 Å². The summed E-state index contributed by atoms with van der Waals surface area (Å²) in [6.07, 6.45) is 6.62. The molecule has 2 unspecified atom stereocenters. The molecule has 0 fully saturated rings. The number of pyridine rings is 2. The van der Waals surface area contributed by atoms with Gasteiger partial charge in [-0.1, -0.05) is 0 Å². The fourth-order valence-corrected chi connectivity index (χ4v) is 1.98. The molecular formula is C13H14BrN3O. The van der Waals surface area contributed by atoms with Crippen molar-refractivity contribution in [2.24, 2.45) is 5.73 Å². The first-order valence-electron chi connectivity index (χ1n) is 5.59. The van der Waals surface area contributed by atoms with Crippen LogP contribution in [-0.4, -0.2) is 16.0 Å². The Labute approximate surface area is 114 Å². The molecule has 2 aromatic heterocycles. The molecule has 4 nitrogen and oxygen atoms in total. The van der Waals surface area contributed by atoms with E-state index in [-0.39, 0.29) is 12.1 Å². The molecule has 0 saturated carbocycles. The minimum Gasteiger partial charge on any atom is -0.482 e. The van der Waals surface area contributed by atoms with Gasteiger partial charge in [0.15, 0.2) is 0 Å². The SMILES string of the molecule is CC(N)C(Oc1cncc(Br)c1)c1ccncc1. The summed E-state index contributed by atoms with van der Waals surface area (Å²) in [4.78, 5) is 8.06. The molecule has 0 amide bonds. The van der Waals surface area contributed by atoms with Crippen molar-refractivity contribution in [2.75, 3.05) is 0 Å². The Hall–Kier alpha value is -1.46. The third-order valence-corrected chi connectivity index (χ3v) is 2.89. The normalized spacial score (nSPS) is 13.9. The van der Waals surface area contributed by atoms with Gasteiger partial charge in [0.25, 0.3) is 0 Å². The lowest BCUT2D eigenvalue weighted by molar-refractivity contribution is 0.179. The summed E-state index contributed by atoms with van der Waals surface area (Å²) in [6.45, 7) is 1.91. The van der Waals surface area contributed by atoms with E-state index in [0.717, 1.165) is 10.0 Å². The zero-order chi connectivity index (χ0) is 13.0. The van der Waals surface area contributed by atoms with Crippen LogP contribution in [0.5, 0.6) is 5.75 Å². The van der Waals surface area contributed by atoms with Crippen molar-refractivity contribution in [3.05, 3.63) is 53.0 Å². The molecule has 2 N–H and O–H groups in total. The molecule has 0 bridgehead atoms. The van der Waals surface area contributed by atoms with Gasteiger partial charge in [0.1, 0.15) is 11.9 Å². The van der Waals surface area contributed by atoms with Crippen molar-refractivity contribution in [3.8, 4) is 5.75 Å². The highest BCUT2D eigenvalue weighted by Gasteiger charge is 2.18. The molecule has 0 aliphatic heterocycles. The Morgan fingerprint density at radius 1 is 1.22 bits per heavy atom. The summed E-state index contributed by atoms with van der Waals surface area (Å²) in [7, 11) is 0. The lowest BCUT2D eigenvalue weighted by Gasteiger charge is -2.22. The number of halogens is 1. The predicted octanol–water partition coefficient (Wildman–Crippen LogP) is 2.71. The van der Waals surface area contributed by atoms with Gasteiger partial charge in [0.05, 0.1) is 6.20 Å². The van der Waals surface area contributed by atoms with Crippen molar-refractivity contribution >= 4 is 15.9 Å². The van der Waals surface area contributed by atoms with Gasteiger partial charge in [-0.05, 0) is 46.6 Å². The predicted molar refractivity (Wildman–Crippen MR) is 73.2 cm³/mol. The first kappa shape index (κ1) is 13.0. The molecule has 0 aliphatic carbocycles. The van der Waals surface area contributed by atoms with E-state index in [4.69, 9.17) is 10.5 Å². The van der Waals surface area contributed by atoms with E-state index < -0.39 is 0 Å². The summed E-state index contributed by atoms with van der Waals surface area (Å²) in [5.74, 6) is 0.684. The minimum absolute atomic E-state index is 0.133. The zero-order valence-electron chi connectivity index (χ0n) is 9.95. The van der Waals surface area contributed by atoms with Crippen LogP contribution in [-0.2, 0) is 0 Å². The second-order valence-corrected chi connectivity index (χ2v) is 4.93. The summed E-state index contributed by atoms with van der Waals surface area (Å²) < 4.78 is 6.77. The molecule has 0 radical (unpaired) electrons. The van der Waals surface area contributed by atoms with Crippen LogP contribution in [0.4, 0.5) is 0 Å². The highest BCUT2D eigenvalue weighted by molar-refractivity contribution is 9.10. The smallest absolute Gasteiger partial charge is 0.139 e. The average molecular weight is 308 g/mol. The second kappa shape index (κ2) is 5.93. The van der Waals surface area contributed by atoms with E-state index in [2.05, 4.69) is 25.9 Å². The molecular weight excluding hydrogens is 294 g/mol. The summed E-state index contributed by atoms with van der Waals surface area (Å²) in [5.41, 5.74) is 6.98. The minimum atomic E-state index is -0.218. The molecule has 18 heavy (non-hydrogen) atoms. The average Bonchev–Trinajstić information content (AvgIpc) is 2.37. The Bertz CT molecular complexity index is 505. The largest absolute Gasteiger partial charge is 0.482 e. The first-order valence-corrected chi connectivity index (χ1v) is 6.39. The Morgan fingerprint density at radius 2 is 1.94 bits per heavy atom. The van der Waals surface area contributed by atoms with Crippen LogP contribution in [0.2, 0.25) is 0 Å². The second-order valence-electron chi connectivity index (χ2n) is 4.02. The van der Waals surface area contributed by atoms with Crippen molar-refractivity contribution in [1.29, 1.82) is 0 Å². The van der Waals surface area contributed by atoms with Crippen LogP contribution in [0, 0.1) is 0 Å². The Kier molecular flexibility index (Phi) is 4.28. The third-order valence-electron chi connectivity index (χ3n) is 2.46. The van der Waals surface area contributed by atoms with Crippen molar-refractivity contribution in [3.63, 3.8) is 0 Å². The van der Waals surface area contributed by atoms with Gasteiger partial charge in [-0.15, -0.1) is 0 Å². The molecule has 2 rings (SSSR count). The number of hydrogen-bond donors (Lipinski definition) is 1. The lowest BCUT2D eigenvalue weighted by Crippen LogP contribution is -2.29. The van der Waals surface area contributed by atoms with Gasteiger partial charge < -0.3 is 10.5 Å². The maximum Gasteiger partial charge on any atom is 0.139 e. The van der Waals surface area contributed by atoms with Crippen LogP contribution in [0.15, 0.2) is 47.5 Å². The number of aromatic nitrogens is 2. The van der Waals surface area contributed by atoms with E-state index in [1.807, 2.05) is 25.1 Å². The highest BCUT2D eigenvalue weighted by atomic mass is 79.9. The number of nitrogens with zero attached hydrogens (tertiary/aromatic N) is 2. The summed E-state index contributed by atoms with van der Waals surface area (Å²) in [5, 5.41) is 0. The number of rotatable bonds is 4. The molecule has 0 aromatic carbocycles. The third kappa shape index (κ3) is 3.27. The maximum absolute atomic E-state index is 5.98. The molecule has 2 heterocycles. The van der Waals surface area contributed by atoms with Gasteiger partial charge in [-0.3, -0.25) is 9.97 Å². The fourth-order valence-electron chi connectivity index (χ4n) is 1.64. The van der Waals surface area contributed by atoms with Crippen LogP contribution in [0.3, 0.4) is 0 Å². The van der Waals surface area contributed by atoms with Crippen LogP contribution in [0.25, 0.3) is 0 Å².